The molecular formula is C19H24ClN5O2. The van der Waals surface area contributed by atoms with Gasteiger partial charge in [0.1, 0.15) is 0 Å². The number of nitrogens with zero attached hydrogens (tertiary/aromatic N) is 4. The van der Waals surface area contributed by atoms with E-state index in [2.05, 4.69) is 32.2 Å². The van der Waals surface area contributed by atoms with Crippen LogP contribution < -0.4 is 5.32 Å². The van der Waals surface area contributed by atoms with E-state index in [-0.39, 0.29) is 11.9 Å². The predicted octanol–water partition coefficient (Wildman–Crippen LogP) is 2.35. The normalized spacial score (nSPS) is 19.8. The van der Waals surface area contributed by atoms with Crippen LogP contribution in [-0.4, -0.2) is 64.7 Å². The third kappa shape index (κ3) is 4.66. The molecular weight excluding hydrogens is 366 g/mol. The van der Waals surface area contributed by atoms with Crippen molar-refractivity contribution in [3.05, 3.63) is 35.2 Å². The molecule has 0 bridgehead atoms. The summed E-state index contributed by atoms with van der Waals surface area (Å²) in [6.07, 6.45) is 2.25. The number of carbonyl (C=O) groups excluding carboxylic acids is 1. The molecule has 1 aliphatic heterocycles. The van der Waals surface area contributed by atoms with Gasteiger partial charge in [0.25, 0.3) is 0 Å². The summed E-state index contributed by atoms with van der Waals surface area (Å²) in [7, 11) is 0. The molecule has 1 N–H and O–H groups in total. The molecule has 1 aromatic heterocycles. The Morgan fingerprint density at radius 1 is 1.30 bits per heavy atom. The lowest BCUT2D eigenvalue weighted by Gasteiger charge is -2.36. The average Bonchev–Trinajstić information content (AvgIpc) is 3.33. The van der Waals surface area contributed by atoms with Crippen LogP contribution >= 0.6 is 11.6 Å². The van der Waals surface area contributed by atoms with Crippen molar-refractivity contribution in [3.63, 3.8) is 0 Å². The highest BCUT2D eigenvalue weighted by Crippen LogP contribution is 2.26. The van der Waals surface area contributed by atoms with Gasteiger partial charge in [-0.05, 0) is 38.0 Å². The van der Waals surface area contributed by atoms with E-state index < -0.39 is 0 Å². The van der Waals surface area contributed by atoms with Crippen molar-refractivity contribution in [2.45, 2.75) is 31.8 Å². The van der Waals surface area contributed by atoms with E-state index in [1.54, 1.807) is 0 Å². The lowest BCUT2D eigenvalue weighted by atomic mass is 10.2. The summed E-state index contributed by atoms with van der Waals surface area (Å²) in [4.78, 5) is 16.5. The summed E-state index contributed by atoms with van der Waals surface area (Å²) < 4.78 is 5.88. The summed E-state index contributed by atoms with van der Waals surface area (Å²) >= 11 is 6.04. The first kappa shape index (κ1) is 18.4. The Kier molecular flexibility index (Phi) is 5.43. The van der Waals surface area contributed by atoms with E-state index in [1.165, 1.54) is 0 Å². The molecule has 1 aliphatic carbocycles. The molecule has 1 amide bonds. The maximum Gasteiger partial charge on any atom is 0.247 e. The van der Waals surface area contributed by atoms with Crippen LogP contribution in [0.3, 0.4) is 0 Å². The third-order valence-electron chi connectivity index (χ3n) is 5.13. The molecule has 0 radical (unpaired) electrons. The minimum absolute atomic E-state index is 0.0351. The lowest BCUT2D eigenvalue weighted by Crippen LogP contribution is -2.50. The molecule has 0 spiro atoms. The first-order valence-corrected chi connectivity index (χ1v) is 9.81. The maximum atomic E-state index is 12.0. The van der Waals surface area contributed by atoms with Crippen molar-refractivity contribution >= 4 is 17.5 Å². The Morgan fingerprint density at radius 3 is 2.78 bits per heavy atom. The van der Waals surface area contributed by atoms with E-state index in [1.807, 2.05) is 24.3 Å². The van der Waals surface area contributed by atoms with Crippen molar-refractivity contribution in [2.75, 3.05) is 32.7 Å². The molecule has 7 nitrogen and oxygen atoms in total. The lowest BCUT2D eigenvalue weighted by molar-refractivity contribution is -0.122. The first-order valence-electron chi connectivity index (χ1n) is 9.43. The number of benzene rings is 1. The van der Waals surface area contributed by atoms with Crippen molar-refractivity contribution in [1.82, 2.24) is 25.3 Å². The topological polar surface area (TPSA) is 74.5 Å². The number of halogens is 1. The number of piperazine rings is 1. The fourth-order valence-electron chi connectivity index (χ4n) is 3.31. The number of amides is 1. The smallest absolute Gasteiger partial charge is 0.247 e. The Hall–Kier alpha value is -1.96. The highest BCUT2D eigenvalue weighted by Gasteiger charge is 2.28. The fourth-order valence-corrected chi connectivity index (χ4v) is 3.50. The zero-order valence-electron chi connectivity index (χ0n) is 15.4. The molecule has 1 aromatic carbocycles. The van der Waals surface area contributed by atoms with Gasteiger partial charge in [0, 0.05) is 42.8 Å². The fraction of sp³-hybridized carbons (Fsp3) is 0.526. The van der Waals surface area contributed by atoms with Crippen LogP contribution in [0.2, 0.25) is 5.02 Å². The molecule has 1 saturated carbocycles. The zero-order chi connectivity index (χ0) is 18.8. The molecule has 2 heterocycles. The number of hydrogen-bond acceptors (Lipinski definition) is 6. The van der Waals surface area contributed by atoms with Crippen LogP contribution in [0, 0.1) is 0 Å². The number of hydrogen-bond donors (Lipinski definition) is 1. The summed E-state index contributed by atoms with van der Waals surface area (Å²) in [5.41, 5.74) is 0.819. The van der Waals surface area contributed by atoms with Crippen LogP contribution in [-0.2, 0) is 4.79 Å². The van der Waals surface area contributed by atoms with E-state index in [0.29, 0.717) is 29.4 Å². The van der Waals surface area contributed by atoms with Crippen LogP contribution in [0.25, 0.3) is 11.5 Å². The van der Waals surface area contributed by atoms with E-state index in [4.69, 9.17) is 16.0 Å². The second kappa shape index (κ2) is 7.96. The third-order valence-corrected chi connectivity index (χ3v) is 5.37. The van der Waals surface area contributed by atoms with Gasteiger partial charge in [-0.1, -0.05) is 17.7 Å². The second-order valence-electron chi connectivity index (χ2n) is 7.29. The summed E-state index contributed by atoms with van der Waals surface area (Å²) in [5.74, 6) is 1.22. The Morgan fingerprint density at radius 2 is 2.07 bits per heavy atom. The summed E-state index contributed by atoms with van der Waals surface area (Å²) in [6, 6.07) is 7.85. The molecule has 8 heteroatoms. The van der Waals surface area contributed by atoms with Gasteiger partial charge < -0.3 is 9.73 Å². The minimum atomic E-state index is 0.0351. The van der Waals surface area contributed by atoms with Crippen LogP contribution in [0.15, 0.2) is 28.7 Å². The maximum absolute atomic E-state index is 12.0. The van der Waals surface area contributed by atoms with Gasteiger partial charge >= 0.3 is 0 Å². The van der Waals surface area contributed by atoms with Gasteiger partial charge in [-0.3, -0.25) is 14.6 Å². The Balaban J connectivity index is 1.31. The van der Waals surface area contributed by atoms with Crippen molar-refractivity contribution < 1.29 is 9.21 Å². The van der Waals surface area contributed by atoms with Gasteiger partial charge in [0.05, 0.1) is 12.6 Å². The van der Waals surface area contributed by atoms with Gasteiger partial charge in [0.15, 0.2) is 0 Å². The summed E-state index contributed by atoms with van der Waals surface area (Å²) in [6.45, 7) is 6.01. The van der Waals surface area contributed by atoms with Crippen LogP contribution in [0.1, 0.15) is 31.7 Å². The number of nitrogens with one attached hydrogen (secondary N) is 1. The van der Waals surface area contributed by atoms with Crippen molar-refractivity contribution in [2.24, 2.45) is 0 Å². The van der Waals surface area contributed by atoms with Crippen LogP contribution in [0.4, 0.5) is 0 Å². The van der Waals surface area contributed by atoms with Crippen molar-refractivity contribution in [3.8, 4) is 11.5 Å². The molecule has 27 heavy (non-hydrogen) atoms. The van der Waals surface area contributed by atoms with Crippen molar-refractivity contribution in [1.29, 1.82) is 0 Å². The van der Waals surface area contributed by atoms with Gasteiger partial charge in [-0.2, -0.15) is 0 Å². The molecule has 2 aromatic rings. The first-order chi connectivity index (χ1) is 13.1. The molecule has 144 valence electrons. The molecule has 2 fully saturated rings. The van der Waals surface area contributed by atoms with Gasteiger partial charge in [0.2, 0.25) is 17.7 Å². The highest BCUT2D eigenvalue weighted by atomic mass is 35.5. The Bertz CT molecular complexity index is 799. The second-order valence-corrected chi connectivity index (χ2v) is 7.72. The largest absolute Gasteiger partial charge is 0.419 e. The Labute approximate surface area is 163 Å². The monoisotopic (exact) mass is 389 g/mol. The molecule has 1 saturated heterocycles. The SMILES string of the molecule is C[C@H](c1nnc(-c2cccc(Cl)c2)o1)N1CCN(CC(=O)NC2CC2)CC1. The van der Waals surface area contributed by atoms with Gasteiger partial charge in [-0.25, -0.2) is 0 Å². The molecule has 2 aliphatic rings. The number of carbonyl (C=O) groups is 1. The molecule has 0 unspecified atom stereocenters. The van der Waals surface area contributed by atoms with Crippen LogP contribution in [0.5, 0.6) is 0 Å². The highest BCUT2D eigenvalue weighted by molar-refractivity contribution is 6.30. The van der Waals surface area contributed by atoms with E-state index >= 15 is 0 Å². The molecule has 4 rings (SSSR count). The number of rotatable bonds is 6. The average molecular weight is 390 g/mol. The quantitative estimate of drug-likeness (QED) is 0.817. The van der Waals surface area contributed by atoms with Gasteiger partial charge in [-0.15, -0.1) is 10.2 Å². The standard InChI is InChI=1S/C19H24ClN5O2/c1-13(18-22-23-19(27-18)14-3-2-4-15(20)11-14)25-9-7-24(8-10-25)12-17(26)21-16-5-6-16/h2-4,11,13,16H,5-10,12H2,1H3,(H,21,26)/t13-/m1/s1. The number of aromatic nitrogens is 2. The van der Waals surface area contributed by atoms with E-state index in [9.17, 15) is 4.79 Å². The minimum Gasteiger partial charge on any atom is -0.419 e. The zero-order valence-corrected chi connectivity index (χ0v) is 16.2. The predicted molar refractivity (Wildman–Crippen MR) is 102 cm³/mol. The summed E-state index contributed by atoms with van der Waals surface area (Å²) in [5, 5.41) is 12.1. The molecule has 1 atom stereocenters. The van der Waals surface area contributed by atoms with E-state index in [0.717, 1.165) is 44.6 Å².